The molecule has 3 rings (SSSR count). The predicted octanol–water partition coefficient (Wildman–Crippen LogP) is 1.56. The van der Waals surface area contributed by atoms with Crippen molar-refractivity contribution in [1.82, 2.24) is 10.3 Å². The van der Waals surface area contributed by atoms with Crippen LogP contribution in [0.4, 0.5) is 0 Å². The average Bonchev–Trinajstić information content (AvgIpc) is 2.75. The highest BCUT2D eigenvalue weighted by atomic mass is 16.5. The van der Waals surface area contributed by atoms with Crippen molar-refractivity contribution in [2.45, 2.75) is 31.7 Å². The molecule has 0 aromatic carbocycles. The summed E-state index contributed by atoms with van der Waals surface area (Å²) in [6, 6.07) is 4.23. The summed E-state index contributed by atoms with van der Waals surface area (Å²) < 4.78 is 5.54. The van der Waals surface area contributed by atoms with Crippen molar-refractivity contribution in [2.24, 2.45) is 11.8 Å². The second kappa shape index (κ2) is 5.70. The number of carbonyl (C=O) groups excluding carboxylic acids is 1. The molecule has 1 aromatic heterocycles. The maximum atomic E-state index is 12.0. The third-order valence-electron chi connectivity index (χ3n) is 4.25. The van der Waals surface area contributed by atoms with E-state index in [0.29, 0.717) is 12.5 Å². The zero-order valence-corrected chi connectivity index (χ0v) is 11.0. The first-order valence-electron chi connectivity index (χ1n) is 7.10. The van der Waals surface area contributed by atoms with Gasteiger partial charge in [-0.3, -0.25) is 9.78 Å². The lowest BCUT2D eigenvalue weighted by Crippen LogP contribution is -2.45. The Labute approximate surface area is 113 Å². The summed E-state index contributed by atoms with van der Waals surface area (Å²) in [4.78, 5) is 16.0. The Bertz CT molecular complexity index is 431. The summed E-state index contributed by atoms with van der Waals surface area (Å²) in [5.74, 6) is 0.857. The lowest BCUT2D eigenvalue weighted by Gasteiger charge is -2.27. The summed E-state index contributed by atoms with van der Waals surface area (Å²) in [6.45, 7) is 1.38. The van der Waals surface area contributed by atoms with Gasteiger partial charge in [-0.25, -0.2) is 0 Å². The number of ether oxygens (including phenoxy) is 1. The van der Waals surface area contributed by atoms with Crippen LogP contribution in [0.25, 0.3) is 0 Å². The third-order valence-corrected chi connectivity index (χ3v) is 4.25. The summed E-state index contributed by atoms with van der Waals surface area (Å²) in [6.07, 6.45) is 7.86. The minimum absolute atomic E-state index is 0.168. The van der Waals surface area contributed by atoms with Crippen LogP contribution in [0.2, 0.25) is 0 Å². The number of aromatic nitrogens is 1. The van der Waals surface area contributed by atoms with Crippen molar-refractivity contribution in [3.8, 4) is 0 Å². The molecule has 4 nitrogen and oxygen atoms in total. The molecule has 4 heteroatoms. The predicted molar refractivity (Wildman–Crippen MR) is 71.5 cm³/mol. The van der Waals surface area contributed by atoms with E-state index in [1.54, 1.807) is 0 Å². The van der Waals surface area contributed by atoms with Crippen LogP contribution in [0.3, 0.4) is 0 Å². The summed E-state index contributed by atoms with van der Waals surface area (Å²) >= 11 is 0. The van der Waals surface area contributed by atoms with Gasteiger partial charge >= 0.3 is 0 Å². The minimum Gasteiger partial charge on any atom is -0.379 e. The van der Waals surface area contributed by atoms with E-state index in [-0.39, 0.29) is 17.9 Å². The standard InChI is InChI=1S/C15H20N2O2/c18-15(12-2-1-3-12)17-14-10-19-9-13(14)8-11-4-6-16-7-5-11/h4-7,12-14H,1-3,8-10H2,(H,17,18)/t13-,14-/m1/s1. The first-order chi connectivity index (χ1) is 9.33. The van der Waals surface area contributed by atoms with Crippen LogP contribution in [0.15, 0.2) is 24.5 Å². The highest BCUT2D eigenvalue weighted by molar-refractivity contribution is 5.79. The molecule has 1 N–H and O–H groups in total. The van der Waals surface area contributed by atoms with Gasteiger partial charge in [0.05, 0.1) is 19.3 Å². The SMILES string of the molecule is O=C(N[C@@H]1COC[C@H]1Cc1ccncc1)C1CCC1. The number of hydrogen-bond acceptors (Lipinski definition) is 3. The van der Waals surface area contributed by atoms with Crippen molar-refractivity contribution < 1.29 is 9.53 Å². The zero-order chi connectivity index (χ0) is 13.1. The van der Waals surface area contributed by atoms with E-state index in [4.69, 9.17) is 4.74 Å². The van der Waals surface area contributed by atoms with Crippen molar-refractivity contribution in [3.05, 3.63) is 30.1 Å². The van der Waals surface area contributed by atoms with Gasteiger partial charge in [0, 0.05) is 24.2 Å². The van der Waals surface area contributed by atoms with Gasteiger partial charge < -0.3 is 10.1 Å². The molecule has 1 aromatic rings. The third kappa shape index (κ3) is 2.95. The molecule has 1 amide bonds. The number of rotatable bonds is 4. The van der Waals surface area contributed by atoms with Crippen LogP contribution in [0.5, 0.6) is 0 Å². The van der Waals surface area contributed by atoms with Gasteiger partial charge in [0.15, 0.2) is 0 Å². The molecule has 102 valence electrons. The van der Waals surface area contributed by atoms with Crippen molar-refractivity contribution >= 4 is 5.91 Å². The number of nitrogens with one attached hydrogen (secondary N) is 1. The lowest BCUT2D eigenvalue weighted by atomic mass is 9.84. The molecule has 2 fully saturated rings. The van der Waals surface area contributed by atoms with Crippen LogP contribution in [0, 0.1) is 11.8 Å². The van der Waals surface area contributed by atoms with Gasteiger partial charge in [0.1, 0.15) is 0 Å². The van der Waals surface area contributed by atoms with E-state index >= 15 is 0 Å². The van der Waals surface area contributed by atoms with Crippen LogP contribution in [0.1, 0.15) is 24.8 Å². The molecule has 1 saturated carbocycles. The molecule has 1 aliphatic heterocycles. The highest BCUT2D eigenvalue weighted by Crippen LogP contribution is 2.27. The monoisotopic (exact) mass is 260 g/mol. The molecule has 0 spiro atoms. The highest BCUT2D eigenvalue weighted by Gasteiger charge is 2.33. The molecule has 2 atom stereocenters. The molecule has 1 aliphatic carbocycles. The zero-order valence-electron chi connectivity index (χ0n) is 11.0. The fourth-order valence-corrected chi connectivity index (χ4v) is 2.75. The molecule has 2 aliphatic rings. The van der Waals surface area contributed by atoms with Gasteiger partial charge in [-0.05, 0) is 37.0 Å². The van der Waals surface area contributed by atoms with E-state index in [2.05, 4.69) is 10.3 Å². The lowest BCUT2D eigenvalue weighted by molar-refractivity contribution is -0.128. The fourth-order valence-electron chi connectivity index (χ4n) is 2.75. The second-order valence-corrected chi connectivity index (χ2v) is 5.60. The van der Waals surface area contributed by atoms with Gasteiger partial charge in [0.2, 0.25) is 5.91 Å². The Morgan fingerprint density at radius 3 is 2.79 bits per heavy atom. The number of hydrogen-bond donors (Lipinski definition) is 1. The van der Waals surface area contributed by atoms with Gasteiger partial charge in [-0.1, -0.05) is 6.42 Å². The Hall–Kier alpha value is -1.42. The first kappa shape index (κ1) is 12.6. The van der Waals surface area contributed by atoms with E-state index in [1.807, 2.05) is 24.5 Å². The first-order valence-corrected chi connectivity index (χ1v) is 7.10. The normalized spacial score (nSPS) is 26.9. The Kier molecular flexibility index (Phi) is 3.78. The Balaban J connectivity index is 1.56. The van der Waals surface area contributed by atoms with E-state index in [0.717, 1.165) is 25.9 Å². The Morgan fingerprint density at radius 1 is 1.32 bits per heavy atom. The Morgan fingerprint density at radius 2 is 2.11 bits per heavy atom. The number of nitrogens with zero attached hydrogens (tertiary/aromatic N) is 1. The van der Waals surface area contributed by atoms with Gasteiger partial charge in [0.25, 0.3) is 0 Å². The summed E-state index contributed by atoms with van der Waals surface area (Å²) in [7, 11) is 0. The van der Waals surface area contributed by atoms with Crippen LogP contribution in [-0.4, -0.2) is 30.1 Å². The van der Waals surface area contributed by atoms with Gasteiger partial charge in [-0.15, -0.1) is 0 Å². The number of amides is 1. The van der Waals surface area contributed by atoms with E-state index in [9.17, 15) is 4.79 Å². The maximum absolute atomic E-state index is 12.0. The topological polar surface area (TPSA) is 51.2 Å². The van der Waals surface area contributed by atoms with Gasteiger partial charge in [-0.2, -0.15) is 0 Å². The molecule has 2 heterocycles. The fraction of sp³-hybridized carbons (Fsp3) is 0.600. The largest absolute Gasteiger partial charge is 0.379 e. The number of pyridine rings is 1. The van der Waals surface area contributed by atoms with Crippen molar-refractivity contribution in [3.63, 3.8) is 0 Å². The van der Waals surface area contributed by atoms with Crippen molar-refractivity contribution in [1.29, 1.82) is 0 Å². The molecular formula is C15H20N2O2. The van der Waals surface area contributed by atoms with Crippen LogP contribution >= 0.6 is 0 Å². The molecule has 0 bridgehead atoms. The molecular weight excluding hydrogens is 240 g/mol. The van der Waals surface area contributed by atoms with Crippen LogP contribution < -0.4 is 5.32 Å². The van der Waals surface area contributed by atoms with Crippen LogP contribution in [-0.2, 0) is 16.0 Å². The molecule has 19 heavy (non-hydrogen) atoms. The van der Waals surface area contributed by atoms with E-state index in [1.165, 1.54) is 12.0 Å². The summed E-state index contributed by atoms with van der Waals surface area (Å²) in [5, 5.41) is 3.17. The second-order valence-electron chi connectivity index (χ2n) is 5.60. The maximum Gasteiger partial charge on any atom is 0.223 e. The molecule has 0 unspecified atom stereocenters. The molecule has 0 radical (unpaired) electrons. The van der Waals surface area contributed by atoms with E-state index < -0.39 is 0 Å². The quantitative estimate of drug-likeness (QED) is 0.893. The smallest absolute Gasteiger partial charge is 0.223 e. The molecule has 1 saturated heterocycles. The average molecular weight is 260 g/mol. The number of carbonyl (C=O) groups is 1. The minimum atomic E-state index is 0.168. The van der Waals surface area contributed by atoms with Crippen molar-refractivity contribution in [2.75, 3.05) is 13.2 Å². The summed E-state index contributed by atoms with van der Waals surface area (Å²) in [5.41, 5.74) is 1.26.